The molecule has 0 spiro atoms. The number of amides is 1. The van der Waals surface area contributed by atoms with Gasteiger partial charge in [0.05, 0.1) is 37.3 Å². The Balaban J connectivity index is 2.12. The van der Waals surface area contributed by atoms with E-state index >= 15 is 0 Å². The molecule has 20 heavy (non-hydrogen) atoms. The van der Waals surface area contributed by atoms with E-state index in [0.717, 1.165) is 0 Å². The van der Waals surface area contributed by atoms with E-state index in [0.29, 0.717) is 23.6 Å². The minimum Gasteiger partial charge on any atom is -0.497 e. The molecule has 0 saturated carbocycles. The fourth-order valence-electron chi connectivity index (χ4n) is 2.14. The summed E-state index contributed by atoms with van der Waals surface area (Å²) in [4.78, 5) is 12.1. The molecular weight excluding hydrogens is 282 g/mol. The third-order valence-corrected chi connectivity index (χ3v) is 5.04. The lowest BCUT2D eigenvalue weighted by Gasteiger charge is -2.13. The molecule has 1 heterocycles. The van der Waals surface area contributed by atoms with Gasteiger partial charge in [-0.2, -0.15) is 0 Å². The van der Waals surface area contributed by atoms with Crippen molar-refractivity contribution in [3.8, 4) is 11.5 Å². The normalized spacial score (nSPS) is 20.4. The van der Waals surface area contributed by atoms with E-state index in [-0.39, 0.29) is 17.4 Å². The summed E-state index contributed by atoms with van der Waals surface area (Å²) < 4.78 is 33.0. The van der Waals surface area contributed by atoms with Crippen molar-refractivity contribution in [2.75, 3.05) is 31.0 Å². The van der Waals surface area contributed by atoms with E-state index in [9.17, 15) is 13.2 Å². The molecule has 1 aromatic rings. The second kappa shape index (κ2) is 5.70. The zero-order valence-electron chi connectivity index (χ0n) is 11.4. The molecule has 1 amide bonds. The number of carbonyl (C=O) groups is 1. The molecule has 1 atom stereocenters. The molecule has 0 bridgehead atoms. The van der Waals surface area contributed by atoms with Crippen LogP contribution in [0.4, 0.5) is 5.69 Å². The highest BCUT2D eigenvalue weighted by molar-refractivity contribution is 7.91. The Labute approximate surface area is 118 Å². The predicted octanol–water partition coefficient (Wildman–Crippen LogP) is 1.08. The van der Waals surface area contributed by atoms with Crippen LogP contribution < -0.4 is 14.8 Å². The molecule has 0 aliphatic carbocycles. The van der Waals surface area contributed by atoms with Crippen molar-refractivity contribution in [2.24, 2.45) is 5.92 Å². The molecule has 1 aromatic carbocycles. The number of nitrogens with one attached hydrogen (secondary N) is 1. The van der Waals surface area contributed by atoms with Crippen LogP contribution in [0.5, 0.6) is 11.5 Å². The van der Waals surface area contributed by atoms with E-state index in [1.54, 1.807) is 18.2 Å². The minimum absolute atomic E-state index is 0.0742. The maximum atomic E-state index is 12.1. The number of benzene rings is 1. The van der Waals surface area contributed by atoms with Crippen LogP contribution in [-0.4, -0.2) is 40.1 Å². The first-order valence-electron chi connectivity index (χ1n) is 6.18. The number of sulfone groups is 1. The molecule has 1 saturated heterocycles. The summed E-state index contributed by atoms with van der Waals surface area (Å²) in [5.41, 5.74) is 0.502. The lowest BCUT2D eigenvalue weighted by atomic mass is 10.1. The third-order valence-electron chi connectivity index (χ3n) is 3.27. The Bertz CT molecular complexity index is 611. The Hall–Kier alpha value is -1.76. The minimum atomic E-state index is -3.07. The fraction of sp³-hybridized carbons (Fsp3) is 0.462. The zero-order valence-corrected chi connectivity index (χ0v) is 12.2. The van der Waals surface area contributed by atoms with Gasteiger partial charge in [0.15, 0.2) is 9.84 Å². The van der Waals surface area contributed by atoms with Crippen LogP contribution in [0.25, 0.3) is 0 Å². The topological polar surface area (TPSA) is 81.7 Å². The smallest absolute Gasteiger partial charge is 0.228 e. The molecule has 6 nitrogen and oxygen atoms in total. The van der Waals surface area contributed by atoms with Crippen molar-refractivity contribution in [1.29, 1.82) is 0 Å². The first-order chi connectivity index (χ1) is 9.45. The largest absolute Gasteiger partial charge is 0.497 e. The lowest BCUT2D eigenvalue weighted by Crippen LogP contribution is -2.23. The number of carbonyl (C=O) groups excluding carboxylic acids is 1. The van der Waals surface area contributed by atoms with Gasteiger partial charge in [0.2, 0.25) is 5.91 Å². The van der Waals surface area contributed by atoms with E-state index in [4.69, 9.17) is 9.47 Å². The SMILES string of the molecule is COc1ccc(NC(=O)[C@@H]2CCS(=O)(=O)C2)c(OC)c1. The second-order valence-electron chi connectivity index (χ2n) is 4.66. The summed E-state index contributed by atoms with van der Waals surface area (Å²) in [6.07, 6.45) is 0.368. The van der Waals surface area contributed by atoms with Crippen molar-refractivity contribution in [3.05, 3.63) is 18.2 Å². The number of ether oxygens (including phenoxy) is 2. The van der Waals surface area contributed by atoms with Crippen LogP contribution in [0.3, 0.4) is 0 Å². The molecule has 110 valence electrons. The van der Waals surface area contributed by atoms with Gasteiger partial charge in [-0.15, -0.1) is 0 Å². The molecule has 1 aliphatic heterocycles. The predicted molar refractivity (Wildman–Crippen MR) is 74.9 cm³/mol. The Morgan fingerprint density at radius 1 is 1.30 bits per heavy atom. The van der Waals surface area contributed by atoms with Gasteiger partial charge in [-0.05, 0) is 18.6 Å². The maximum Gasteiger partial charge on any atom is 0.228 e. The van der Waals surface area contributed by atoms with E-state index in [2.05, 4.69) is 5.32 Å². The summed E-state index contributed by atoms with van der Waals surface area (Å²) in [5, 5.41) is 2.71. The molecule has 0 aromatic heterocycles. The Morgan fingerprint density at radius 2 is 2.05 bits per heavy atom. The monoisotopic (exact) mass is 299 g/mol. The highest BCUT2D eigenvalue weighted by Crippen LogP contribution is 2.30. The van der Waals surface area contributed by atoms with E-state index < -0.39 is 15.8 Å². The second-order valence-corrected chi connectivity index (χ2v) is 6.88. The van der Waals surface area contributed by atoms with E-state index in [1.807, 2.05) is 0 Å². The Kier molecular flexibility index (Phi) is 4.17. The van der Waals surface area contributed by atoms with Gasteiger partial charge in [-0.25, -0.2) is 8.42 Å². The molecule has 0 unspecified atom stereocenters. The van der Waals surface area contributed by atoms with Crippen molar-refractivity contribution in [3.63, 3.8) is 0 Å². The maximum absolute atomic E-state index is 12.1. The van der Waals surface area contributed by atoms with Crippen LogP contribution in [0.1, 0.15) is 6.42 Å². The lowest BCUT2D eigenvalue weighted by molar-refractivity contribution is -0.119. The molecule has 1 aliphatic rings. The first-order valence-corrected chi connectivity index (χ1v) is 8.00. The van der Waals surface area contributed by atoms with Gasteiger partial charge in [0, 0.05) is 6.07 Å². The van der Waals surface area contributed by atoms with Crippen LogP contribution >= 0.6 is 0 Å². The average Bonchev–Trinajstić information content (AvgIpc) is 2.79. The third kappa shape index (κ3) is 3.22. The van der Waals surface area contributed by atoms with Gasteiger partial charge in [-0.3, -0.25) is 4.79 Å². The Morgan fingerprint density at radius 3 is 2.60 bits per heavy atom. The van der Waals surface area contributed by atoms with Gasteiger partial charge >= 0.3 is 0 Å². The highest BCUT2D eigenvalue weighted by atomic mass is 32.2. The van der Waals surface area contributed by atoms with E-state index in [1.165, 1.54) is 14.2 Å². The van der Waals surface area contributed by atoms with Crippen LogP contribution in [0, 0.1) is 5.92 Å². The summed E-state index contributed by atoms with van der Waals surface area (Å²) in [5.74, 6) is 0.283. The number of hydrogen-bond donors (Lipinski definition) is 1. The number of rotatable bonds is 4. The molecule has 7 heteroatoms. The van der Waals surface area contributed by atoms with Gasteiger partial charge in [0.1, 0.15) is 11.5 Å². The van der Waals surface area contributed by atoms with Crippen molar-refractivity contribution < 1.29 is 22.7 Å². The van der Waals surface area contributed by atoms with Gasteiger partial charge in [-0.1, -0.05) is 0 Å². The molecule has 0 radical (unpaired) electrons. The average molecular weight is 299 g/mol. The van der Waals surface area contributed by atoms with Crippen LogP contribution in [-0.2, 0) is 14.6 Å². The number of methoxy groups -OCH3 is 2. The summed E-state index contributed by atoms with van der Waals surface area (Å²) >= 11 is 0. The summed E-state index contributed by atoms with van der Waals surface area (Å²) in [7, 11) is -0.0426. The molecule has 2 rings (SSSR count). The van der Waals surface area contributed by atoms with Crippen molar-refractivity contribution in [1.82, 2.24) is 0 Å². The molecule has 1 fully saturated rings. The van der Waals surface area contributed by atoms with Crippen LogP contribution in [0.2, 0.25) is 0 Å². The fourth-order valence-corrected chi connectivity index (χ4v) is 3.88. The number of anilines is 1. The highest BCUT2D eigenvalue weighted by Gasteiger charge is 2.33. The van der Waals surface area contributed by atoms with Crippen molar-refractivity contribution in [2.45, 2.75) is 6.42 Å². The standard InChI is InChI=1S/C13H17NO5S/c1-18-10-3-4-11(12(7-10)19-2)14-13(15)9-5-6-20(16,17)8-9/h3-4,7,9H,5-6,8H2,1-2H3,(H,14,15)/t9-/m1/s1. The first kappa shape index (κ1) is 14.6. The molecule has 1 N–H and O–H groups in total. The van der Waals surface area contributed by atoms with Crippen LogP contribution in [0.15, 0.2) is 18.2 Å². The quantitative estimate of drug-likeness (QED) is 0.899. The summed E-state index contributed by atoms with van der Waals surface area (Å²) in [6, 6.07) is 5.02. The molecular formula is C13H17NO5S. The van der Waals surface area contributed by atoms with Gasteiger partial charge in [0.25, 0.3) is 0 Å². The van der Waals surface area contributed by atoms with Crippen molar-refractivity contribution >= 4 is 21.4 Å². The van der Waals surface area contributed by atoms with Gasteiger partial charge < -0.3 is 14.8 Å². The zero-order chi connectivity index (χ0) is 14.8. The summed E-state index contributed by atoms with van der Waals surface area (Å²) in [6.45, 7) is 0. The number of hydrogen-bond acceptors (Lipinski definition) is 5.